The highest BCUT2D eigenvalue weighted by atomic mass is 16.3. The lowest BCUT2D eigenvalue weighted by Gasteiger charge is -2.37. The highest BCUT2D eigenvalue weighted by Crippen LogP contribution is 2.64. The van der Waals surface area contributed by atoms with E-state index in [2.05, 4.69) is 385 Å². The van der Waals surface area contributed by atoms with Crippen LogP contribution in [0.25, 0.3) is 43.8 Å². The van der Waals surface area contributed by atoms with Crippen LogP contribution >= 0.6 is 0 Å². The van der Waals surface area contributed by atoms with E-state index < -0.39 is 5.41 Å². The average Bonchev–Trinajstić information content (AvgIpc) is 1.52. The average molecular weight is 1240 g/mol. The second-order valence-electron chi connectivity index (χ2n) is 31.5. The zero-order chi connectivity index (χ0) is 66.6. The molecular weight excluding hydrogens is 1150 g/mol. The maximum absolute atomic E-state index is 7.67. The summed E-state index contributed by atoms with van der Waals surface area (Å²) < 4.78 is 7.67. The van der Waals surface area contributed by atoms with Gasteiger partial charge in [-0.25, -0.2) is 0 Å². The number of fused-ring (bicyclic) bond motifs is 9. The summed E-state index contributed by atoms with van der Waals surface area (Å²) in [5.41, 5.74) is 23.5. The van der Waals surface area contributed by atoms with Crippen molar-refractivity contribution < 1.29 is 4.42 Å². The van der Waals surface area contributed by atoms with E-state index in [1.165, 1.54) is 33.4 Å². The Bertz CT molecular complexity index is 4890. The van der Waals surface area contributed by atoms with E-state index in [4.69, 9.17) is 4.42 Å². The summed E-state index contributed by atoms with van der Waals surface area (Å²) >= 11 is 0. The molecule has 474 valence electrons. The molecule has 0 aliphatic heterocycles. The lowest BCUT2D eigenvalue weighted by atomic mass is 9.66. The Kier molecular flexibility index (Phi) is 15.3. The molecule has 1 atom stereocenters. The highest BCUT2D eigenvalue weighted by Gasteiger charge is 2.50. The van der Waals surface area contributed by atoms with Gasteiger partial charge in [0.15, 0.2) is 0 Å². The van der Waals surface area contributed by atoms with Crippen LogP contribution in [-0.2, 0) is 32.5 Å². The van der Waals surface area contributed by atoms with Crippen molar-refractivity contribution in [3.63, 3.8) is 0 Å². The number of nitrogens with zero attached hydrogens (tertiary/aromatic N) is 3. The van der Waals surface area contributed by atoms with E-state index in [1.807, 2.05) is 0 Å². The third kappa shape index (κ3) is 11.1. The van der Waals surface area contributed by atoms with Crippen LogP contribution in [-0.4, -0.2) is 0 Å². The molecule has 0 amide bonds. The molecule has 1 aliphatic carbocycles. The van der Waals surface area contributed by atoms with Gasteiger partial charge in [-0.05, 0) is 191 Å². The molecule has 1 heterocycles. The van der Waals surface area contributed by atoms with Crippen LogP contribution in [0.2, 0.25) is 0 Å². The molecule has 14 rings (SSSR count). The molecule has 0 fully saturated rings. The monoisotopic (exact) mass is 1240 g/mol. The van der Waals surface area contributed by atoms with Crippen molar-refractivity contribution in [1.82, 2.24) is 0 Å². The van der Waals surface area contributed by atoms with Gasteiger partial charge in [0.2, 0.25) is 0 Å². The largest absolute Gasteiger partial charge is 0.455 e. The number of rotatable bonds is 11. The maximum Gasteiger partial charge on any atom is 0.145 e. The molecule has 0 bridgehead atoms. The maximum atomic E-state index is 7.67. The predicted molar refractivity (Wildman–Crippen MR) is 406 cm³/mol. The van der Waals surface area contributed by atoms with Gasteiger partial charge in [-0.3, -0.25) is 0 Å². The third-order valence-electron chi connectivity index (χ3n) is 19.9. The fraction of sp³-hybridized carbons (Fsp3) is 0.231. The number of hydrogen-bond donors (Lipinski definition) is 0. The van der Waals surface area contributed by atoms with Crippen LogP contribution < -0.4 is 14.7 Å². The molecule has 13 aromatic rings. The Balaban J connectivity index is 1.14. The normalized spacial score (nSPS) is 14.3. The Morgan fingerprint density at radius 2 is 0.558 bits per heavy atom. The summed E-state index contributed by atoms with van der Waals surface area (Å²) in [5.74, 6) is 0. The second-order valence-corrected chi connectivity index (χ2v) is 31.5. The first kappa shape index (κ1) is 62.5. The number of benzene rings is 12. The van der Waals surface area contributed by atoms with Crippen molar-refractivity contribution >= 4 is 83.9 Å². The number of para-hydroxylation sites is 3. The summed E-state index contributed by atoms with van der Waals surface area (Å²) in [7, 11) is 0. The van der Waals surface area contributed by atoms with Crippen LogP contribution in [0.3, 0.4) is 0 Å². The molecule has 95 heavy (non-hydrogen) atoms. The Morgan fingerprint density at radius 1 is 0.263 bits per heavy atom. The molecule has 12 aromatic carbocycles. The van der Waals surface area contributed by atoms with Crippen molar-refractivity contribution in [1.29, 1.82) is 0 Å². The molecule has 4 nitrogen and oxygen atoms in total. The van der Waals surface area contributed by atoms with Crippen LogP contribution in [0.1, 0.15) is 154 Å². The molecule has 0 N–H and O–H groups in total. The SMILES string of the molecule is CC(C)(C)c1ccc(N(c2ccc(C(C)(C)C)cc2)c2ccc(C3(c4ccc(C(C)(C)C)cc4)c4cc(N(c5ccccc5)c5ccc(C(C)(C)C)cc5)c5ccccc5c4-c4c3cc(N(c3ccccc3)c3ccc(C(C)(C)C)cc3)c3c4oc4ccccc43)cc2)cc1. The number of hydrogen-bond acceptors (Lipinski definition) is 4. The lowest BCUT2D eigenvalue weighted by Crippen LogP contribution is -2.29. The topological polar surface area (TPSA) is 22.9 Å². The van der Waals surface area contributed by atoms with Gasteiger partial charge in [-0.1, -0.05) is 268 Å². The van der Waals surface area contributed by atoms with E-state index in [9.17, 15) is 0 Å². The summed E-state index contributed by atoms with van der Waals surface area (Å²) in [6, 6.07) is 101. The lowest BCUT2D eigenvalue weighted by molar-refractivity contribution is 0.589. The van der Waals surface area contributed by atoms with Crippen LogP contribution in [0.5, 0.6) is 0 Å². The van der Waals surface area contributed by atoms with E-state index in [1.54, 1.807) is 0 Å². The van der Waals surface area contributed by atoms with Crippen molar-refractivity contribution in [3.05, 3.63) is 317 Å². The van der Waals surface area contributed by atoms with Gasteiger partial charge < -0.3 is 19.1 Å². The minimum Gasteiger partial charge on any atom is -0.455 e. The predicted octanol–water partition coefficient (Wildman–Crippen LogP) is 26.0. The second kappa shape index (κ2) is 23.2. The summed E-state index contributed by atoms with van der Waals surface area (Å²) in [6.07, 6.45) is 0. The minimum absolute atomic E-state index is 0.00431. The molecule has 0 saturated heterocycles. The molecule has 1 unspecified atom stereocenters. The molecule has 0 saturated carbocycles. The molecule has 4 heteroatoms. The molecule has 0 radical (unpaired) electrons. The molecule has 1 aliphatic rings. The summed E-state index contributed by atoms with van der Waals surface area (Å²) in [4.78, 5) is 7.40. The van der Waals surface area contributed by atoms with Crippen molar-refractivity contribution in [2.75, 3.05) is 14.7 Å². The quantitative estimate of drug-likeness (QED) is 0.129. The Morgan fingerprint density at radius 3 is 0.968 bits per heavy atom. The van der Waals surface area contributed by atoms with Crippen molar-refractivity contribution in [2.45, 2.75) is 136 Å². The standard InChI is InChI=1S/C91H89N3O/c1-86(2,3)60-34-36-65(37-35-60)91(66-46-56-71(57-47-66)92(69-48-38-61(39-49-69)87(4,5)6)70-50-40-62(41-51-70)88(7,8)9)77-58-79(93(67-26-18-16-19-27-67)72-52-42-63(43-53-72)89(10,11)12)74-30-22-23-31-75(74)82(77)84-78(91)59-80(83-76-32-24-25-33-81(76)95-85(83)84)94(68-28-20-17-21-29-68)73-54-44-64(45-55-73)90(13,14)15/h16-59H,1-15H3. The van der Waals surface area contributed by atoms with E-state index in [-0.39, 0.29) is 27.1 Å². The van der Waals surface area contributed by atoms with Gasteiger partial charge in [0.05, 0.1) is 22.2 Å². The first-order valence-electron chi connectivity index (χ1n) is 34.0. The van der Waals surface area contributed by atoms with E-state index >= 15 is 0 Å². The fourth-order valence-electron chi connectivity index (χ4n) is 14.6. The minimum atomic E-state index is -0.968. The molecular formula is C91H89N3O. The third-order valence-corrected chi connectivity index (χ3v) is 19.9. The van der Waals surface area contributed by atoms with E-state index in [0.717, 1.165) is 112 Å². The first-order valence-corrected chi connectivity index (χ1v) is 34.0. The van der Waals surface area contributed by atoms with Crippen molar-refractivity contribution in [2.24, 2.45) is 0 Å². The summed E-state index contributed by atoms with van der Waals surface area (Å²) in [6.45, 7) is 34.4. The highest BCUT2D eigenvalue weighted by molar-refractivity contribution is 6.22. The van der Waals surface area contributed by atoms with Crippen LogP contribution in [0.4, 0.5) is 51.2 Å². The Hall–Kier alpha value is -9.90. The van der Waals surface area contributed by atoms with Crippen LogP contribution in [0.15, 0.2) is 271 Å². The van der Waals surface area contributed by atoms with Crippen molar-refractivity contribution in [3.8, 4) is 11.1 Å². The number of furan rings is 1. The zero-order valence-corrected chi connectivity index (χ0v) is 58.2. The molecule has 0 spiro atoms. The zero-order valence-electron chi connectivity index (χ0n) is 58.2. The first-order chi connectivity index (χ1) is 45.3. The summed E-state index contributed by atoms with van der Waals surface area (Å²) in [5, 5.41) is 4.41. The van der Waals surface area contributed by atoms with E-state index in [0.29, 0.717) is 0 Å². The smallest absolute Gasteiger partial charge is 0.145 e. The van der Waals surface area contributed by atoms with Gasteiger partial charge in [0, 0.05) is 56.1 Å². The van der Waals surface area contributed by atoms with Gasteiger partial charge in [-0.2, -0.15) is 0 Å². The van der Waals surface area contributed by atoms with Gasteiger partial charge in [-0.15, -0.1) is 0 Å². The fourth-order valence-corrected chi connectivity index (χ4v) is 14.6. The number of anilines is 9. The van der Waals surface area contributed by atoms with Gasteiger partial charge in [0.25, 0.3) is 0 Å². The molecule has 1 aromatic heterocycles. The van der Waals surface area contributed by atoms with Crippen LogP contribution in [0, 0.1) is 0 Å². The van der Waals surface area contributed by atoms with Gasteiger partial charge in [0.1, 0.15) is 11.2 Å². The van der Waals surface area contributed by atoms with Gasteiger partial charge >= 0.3 is 0 Å². The Labute approximate surface area is 564 Å².